The maximum atomic E-state index is 13.0. The van der Waals surface area contributed by atoms with E-state index in [0.717, 1.165) is 12.8 Å². The summed E-state index contributed by atoms with van der Waals surface area (Å²) >= 11 is 0. The number of anilines is 1. The average Bonchev–Trinajstić information content (AvgIpc) is 3.05. The van der Waals surface area contributed by atoms with Crippen molar-refractivity contribution in [2.75, 3.05) is 11.8 Å². The first kappa shape index (κ1) is 19.0. The summed E-state index contributed by atoms with van der Waals surface area (Å²) in [5, 5.41) is 3.59. The Labute approximate surface area is 166 Å². The lowest BCUT2D eigenvalue weighted by Gasteiger charge is -2.35. The number of carbonyl (C=O) groups is 1. The highest BCUT2D eigenvalue weighted by molar-refractivity contribution is 7.92. The van der Waals surface area contributed by atoms with Gasteiger partial charge in [0.25, 0.3) is 15.9 Å². The van der Waals surface area contributed by atoms with E-state index in [2.05, 4.69) is 10.0 Å². The monoisotopic (exact) mass is 399 g/mol. The van der Waals surface area contributed by atoms with Gasteiger partial charge in [0.1, 0.15) is 0 Å². The van der Waals surface area contributed by atoms with E-state index in [4.69, 9.17) is 0 Å². The molecule has 1 amide bonds. The molecule has 7 heteroatoms. The molecule has 0 spiro atoms. The summed E-state index contributed by atoms with van der Waals surface area (Å²) in [5.41, 5.74) is 0.870. The van der Waals surface area contributed by atoms with Crippen molar-refractivity contribution >= 4 is 21.6 Å². The van der Waals surface area contributed by atoms with Gasteiger partial charge in [-0.3, -0.25) is 9.52 Å². The molecule has 2 atom stereocenters. The first-order valence-electron chi connectivity index (χ1n) is 9.63. The molecule has 2 N–H and O–H groups in total. The Bertz CT molecular complexity index is 950. The van der Waals surface area contributed by atoms with E-state index in [9.17, 15) is 13.2 Å². The van der Waals surface area contributed by atoms with Crippen LogP contribution in [0, 0.1) is 0 Å². The number of hydrogen-bond acceptors (Lipinski definition) is 4. The Hall–Kier alpha value is -2.38. The van der Waals surface area contributed by atoms with Gasteiger partial charge in [0.15, 0.2) is 0 Å². The molecule has 6 nitrogen and oxygen atoms in total. The van der Waals surface area contributed by atoms with Crippen LogP contribution in [-0.2, 0) is 10.0 Å². The molecule has 148 valence electrons. The van der Waals surface area contributed by atoms with E-state index >= 15 is 0 Å². The predicted molar refractivity (Wildman–Crippen MR) is 109 cm³/mol. The molecule has 2 aromatic carbocycles. The number of nitrogens with one attached hydrogen (secondary N) is 2. The molecule has 28 heavy (non-hydrogen) atoms. The Morgan fingerprint density at radius 3 is 2.39 bits per heavy atom. The molecule has 2 unspecified atom stereocenters. The van der Waals surface area contributed by atoms with Crippen LogP contribution in [0.25, 0.3) is 0 Å². The van der Waals surface area contributed by atoms with Crippen molar-refractivity contribution in [1.29, 1.82) is 0 Å². The topological polar surface area (TPSA) is 78.5 Å². The van der Waals surface area contributed by atoms with Crippen LogP contribution in [0.3, 0.4) is 0 Å². The largest absolute Gasteiger partial charge is 0.339 e. The lowest BCUT2D eigenvalue weighted by Crippen LogP contribution is -2.48. The zero-order chi connectivity index (χ0) is 19.7. The number of carbonyl (C=O) groups excluding carboxylic acids is 1. The minimum atomic E-state index is -3.69. The van der Waals surface area contributed by atoms with Gasteiger partial charge in [-0.05, 0) is 56.0 Å². The van der Waals surface area contributed by atoms with Crippen molar-refractivity contribution < 1.29 is 13.2 Å². The zero-order valence-corrected chi connectivity index (χ0v) is 16.7. The van der Waals surface area contributed by atoms with Crippen LogP contribution in [0.5, 0.6) is 0 Å². The van der Waals surface area contributed by atoms with Crippen LogP contribution in [-0.4, -0.2) is 44.4 Å². The summed E-state index contributed by atoms with van der Waals surface area (Å²) in [5.74, 6) is -0.0768. The van der Waals surface area contributed by atoms with Gasteiger partial charge in [0, 0.05) is 36.4 Å². The van der Waals surface area contributed by atoms with Crippen molar-refractivity contribution in [3.05, 3.63) is 60.2 Å². The quantitative estimate of drug-likeness (QED) is 0.810. The molecular weight excluding hydrogens is 374 g/mol. The van der Waals surface area contributed by atoms with Crippen molar-refractivity contribution in [2.24, 2.45) is 0 Å². The number of hydrogen-bond donors (Lipinski definition) is 2. The number of fused-ring (bicyclic) bond motifs is 2. The number of benzene rings is 2. The third kappa shape index (κ3) is 3.91. The molecule has 2 heterocycles. The predicted octanol–water partition coefficient (Wildman–Crippen LogP) is 2.84. The first-order chi connectivity index (χ1) is 13.4. The van der Waals surface area contributed by atoms with Crippen molar-refractivity contribution in [3.63, 3.8) is 0 Å². The fraction of sp³-hybridized carbons (Fsp3) is 0.381. The number of piperidine rings is 1. The van der Waals surface area contributed by atoms with E-state index in [0.29, 0.717) is 23.3 Å². The molecule has 2 saturated heterocycles. The smallest absolute Gasteiger partial charge is 0.261 e. The molecular formula is C21H25N3O3S. The van der Waals surface area contributed by atoms with Crippen molar-refractivity contribution in [3.8, 4) is 0 Å². The van der Waals surface area contributed by atoms with E-state index < -0.39 is 10.0 Å². The second kappa shape index (κ2) is 7.56. The number of nitrogens with zero attached hydrogens (tertiary/aromatic N) is 1. The SMILES string of the molecule is CN(C(=O)c1cccc(NS(=O)(=O)c2ccccc2)c1)C1CC2CCC(C1)N2. The first-order valence-corrected chi connectivity index (χ1v) is 11.1. The number of rotatable bonds is 5. The van der Waals surface area contributed by atoms with Gasteiger partial charge in [-0.25, -0.2) is 8.42 Å². The Morgan fingerprint density at radius 1 is 1.04 bits per heavy atom. The van der Waals surface area contributed by atoms with Crippen molar-refractivity contribution in [2.45, 2.75) is 48.7 Å². The highest BCUT2D eigenvalue weighted by Crippen LogP contribution is 2.30. The summed E-state index contributed by atoms with van der Waals surface area (Å²) in [4.78, 5) is 15.0. The molecule has 0 aliphatic carbocycles. The summed E-state index contributed by atoms with van der Waals surface area (Å²) in [6.45, 7) is 0. The lowest BCUT2D eigenvalue weighted by molar-refractivity contribution is 0.0681. The number of amides is 1. The third-order valence-corrected chi connectivity index (χ3v) is 7.13. The van der Waals surface area contributed by atoms with Crippen LogP contribution in [0.2, 0.25) is 0 Å². The average molecular weight is 400 g/mol. The van der Waals surface area contributed by atoms with Gasteiger partial charge < -0.3 is 10.2 Å². The van der Waals surface area contributed by atoms with Gasteiger partial charge in [0.05, 0.1) is 4.90 Å². The minimum absolute atomic E-state index is 0.0768. The van der Waals surface area contributed by atoms with Crippen LogP contribution >= 0.6 is 0 Å². The van der Waals surface area contributed by atoms with Gasteiger partial charge in [-0.2, -0.15) is 0 Å². The highest BCUT2D eigenvalue weighted by atomic mass is 32.2. The summed E-state index contributed by atoms with van der Waals surface area (Å²) < 4.78 is 27.6. The minimum Gasteiger partial charge on any atom is -0.339 e. The Kier molecular flexibility index (Phi) is 5.12. The maximum absolute atomic E-state index is 13.0. The highest BCUT2D eigenvalue weighted by Gasteiger charge is 2.36. The summed E-state index contributed by atoms with van der Waals surface area (Å²) in [6, 6.07) is 16.1. The van der Waals surface area contributed by atoms with Crippen molar-refractivity contribution in [1.82, 2.24) is 10.2 Å². The van der Waals surface area contributed by atoms with E-state index in [-0.39, 0.29) is 16.8 Å². The summed E-state index contributed by atoms with van der Waals surface area (Å²) in [6.07, 6.45) is 4.30. The Morgan fingerprint density at radius 2 is 1.71 bits per heavy atom. The molecule has 4 rings (SSSR count). The second-order valence-electron chi connectivity index (χ2n) is 7.68. The van der Waals surface area contributed by atoms with Crippen LogP contribution in [0.1, 0.15) is 36.0 Å². The van der Waals surface area contributed by atoms with Gasteiger partial charge >= 0.3 is 0 Å². The second-order valence-corrected chi connectivity index (χ2v) is 9.36. The van der Waals surface area contributed by atoms with E-state index in [1.54, 1.807) is 42.5 Å². The molecule has 0 saturated carbocycles. The maximum Gasteiger partial charge on any atom is 0.261 e. The van der Waals surface area contributed by atoms with Crippen LogP contribution in [0.15, 0.2) is 59.5 Å². The molecule has 0 radical (unpaired) electrons. The van der Waals surface area contributed by atoms with Gasteiger partial charge in [0.2, 0.25) is 0 Å². The molecule has 2 bridgehead atoms. The molecule has 2 aliphatic rings. The fourth-order valence-electron chi connectivity index (χ4n) is 4.24. The van der Waals surface area contributed by atoms with E-state index in [1.165, 1.54) is 25.0 Å². The van der Waals surface area contributed by atoms with Gasteiger partial charge in [-0.15, -0.1) is 0 Å². The summed E-state index contributed by atoms with van der Waals surface area (Å²) in [7, 11) is -1.84. The standard InChI is InChI=1S/C21H25N3O3S/c1-24(19-13-16-10-11-17(14-19)22-16)21(25)15-6-5-7-18(12-15)23-28(26,27)20-8-3-2-4-9-20/h2-9,12,16-17,19,22-23H,10-11,13-14H2,1H3. The van der Waals surface area contributed by atoms with Crippen LogP contribution in [0.4, 0.5) is 5.69 Å². The fourth-order valence-corrected chi connectivity index (χ4v) is 5.31. The molecule has 2 aromatic rings. The normalized spacial score (nSPS) is 24.0. The van der Waals surface area contributed by atoms with E-state index in [1.807, 2.05) is 11.9 Å². The molecule has 2 fully saturated rings. The third-order valence-electron chi connectivity index (χ3n) is 5.73. The zero-order valence-electron chi connectivity index (χ0n) is 15.8. The van der Waals surface area contributed by atoms with Crippen LogP contribution < -0.4 is 10.0 Å². The van der Waals surface area contributed by atoms with Gasteiger partial charge in [-0.1, -0.05) is 24.3 Å². The molecule has 0 aromatic heterocycles. The lowest BCUT2D eigenvalue weighted by atomic mass is 9.98. The molecule has 2 aliphatic heterocycles. The number of sulfonamides is 1. The Balaban J connectivity index is 1.49.